The van der Waals surface area contributed by atoms with Crippen molar-refractivity contribution in [1.82, 2.24) is 0 Å². The summed E-state index contributed by atoms with van der Waals surface area (Å²) in [6.07, 6.45) is 43.3. The van der Waals surface area contributed by atoms with Crippen LogP contribution in [0.2, 0.25) is 0 Å². The van der Waals surface area contributed by atoms with Gasteiger partial charge in [0.2, 0.25) is 0 Å². The van der Waals surface area contributed by atoms with Gasteiger partial charge in [-0.25, -0.2) is 0 Å². The number of fused-ring (bicyclic) bond motifs is 1. The van der Waals surface area contributed by atoms with Gasteiger partial charge < -0.3 is 0 Å². The molecular formula is C110H170O8. The number of hydrogen-bond acceptors (Lipinski definition) is 8. The lowest BCUT2D eigenvalue weighted by atomic mass is 9.98. The average Bonchev–Trinajstić information content (AvgIpc) is 0.842. The Morgan fingerprint density at radius 3 is 0.975 bits per heavy atom. The molecule has 1 unspecified atom stereocenters. The fraction of sp³-hybridized carbons (Fsp3) is 0.600. The zero-order valence-electron chi connectivity index (χ0n) is 78.9. The van der Waals surface area contributed by atoms with Gasteiger partial charge in [0.15, 0.2) is 0 Å². The maximum absolute atomic E-state index is 11.7. The third-order valence-electron chi connectivity index (χ3n) is 21.4. The molecule has 6 aromatic rings. The molecule has 0 bridgehead atoms. The molecule has 0 aromatic heterocycles. The first-order chi connectivity index (χ1) is 56.2. The van der Waals surface area contributed by atoms with Crippen molar-refractivity contribution < 1.29 is 38.4 Å². The maximum Gasteiger partial charge on any atom is 0.139 e. The second kappa shape index (κ2) is 73.4. The molecule has 1 atom stereocenters. The molecule has 0 aliphatic carbocycles. The first-order valence-electron chi connectivity index (χ1n) is 46.6. The first kappa shape index (κ1) is 113. The lowest BCUT2D eigenvalue weighted by Crippen LogP contribution is -2.09. The van der Waals surface area contributed by atoms with Gasteiger partial charge in [0.05, 0.1) is 0 Å². The molecule has 658 valence electrons. The number of hydrogen-bond donors (Lipinski definition) is 0. The number of rotatable bonds is 50. The monoisotopic (exact) mass is 1620 g/mol. The molecule has 0 aliphatic rings. The lowest BCUT2D eigenvalue weighted by Gasteiger charge is -2.07. The second-order valence-electron chi connectivity index (χ2n) is 35.5. The summed E-state index contributed by atoms with van der Waals surface area (Å²) in [7, 11) is 0. The van der Waals surface area contributed by atoms with Crippen molar-refractivity contribution in [2.45, 2.75) is 370 Å². The summed E-state index contributed by atoms with van der Waals surface area (Å²) in [5, 5.41) is 2.51. The molecule has 0 saturated heterocycles. The van der Waals surface area contributed by atoms with Crippen LogP contribution in [0.15, 0.2) is 158 Å². The number of carbonyl (C=O) groups excluding carboxylic acids is 8. The molecule has 8 nitrogen and oxygen atoms in total. The number of ketones is 8. The van der Waals surface area contributed by atoms with E-state index in [2.05, 4.69) is 132 Å². The van der Waals surface area contributed by atoms with E-state index in [-0.39, 0.29) is 53.1 Å². The van der Waals surface area contributed by atoms with Crippen LogP contribution in [0.25, 0.3) is 21.9 Å². The van der Waals surface area contributed by atoms with Crippen LogP contribution in [0, 0.1) is 71.5 Å². The lowest BCUT2D eigenvalue weighted by molar-refractivity contribution is -0.122. The Bertz CT molecular complexity index is 3540. The maximum atomic E-state index is 11.7. The van der Waals surface area contributed by atoms with E-state index in [1.807, 2.05) is 178 Å². The zero-order valence-corrected chi connectivity index (χ0v) is 78.9. The fourth-order valence-electron chi connectivity index (χ4n) is 12.3. The van der Waals surface area contributed by atoms with Crippen LogP contribution >= 0.6 is 0 Å². The molecule has 0 N–H and O–H groups in total. The third-order valence-corrected chi connectivity index (χ3v) is 21.4. The van der Waals surface area contributed by atoms with Gasteiger partial charge in [-0.1, -0.05) is 419 Å². The molecule has 6 aromatic carbocycles. The van der Waals surface area contributed by atoms with Crippen LogP contribution in [0.5, 0.6) is 0 Å². The van der Waals surface area contributed by atoms with Crippen molar-refractivity contribution in [2.24, 2.45) is 59.2 Å². The number of unbranched alkanes of at least 4 members (excludes halogenated alkanes) is 16. The molecule has 0 heterocycles. The molecule has 0 spiro atoms. The summed E-state index contributed by atoms with van der Waals surface area (Å²) in [5.41, 5.74) is 7.35. The van der Waals surface area contributed by atoms with E-state index in [9.17, 15) is 38.4 Å². The molecule has 0 saturated carbocycles. The van der Waals surface area contributed by atoms with Crippen LogP contribution in [-0.2, 0) is 64.0 Å². The topological polar surface area (TPSA) is 137 Å². The molecule has 118 heavy (non-hydrogen) atoms. The van der Waals surface area contributed by atoms with Crippen LogP contribution in [0.1, 0.15) is 367 Å². The Labute approximate surface area is 723 Å². The highest BCUT2D eigenvalue weighted by Gasteiger charge is 2.14. The van der Waals surface area contributed by atoms with E-state index >= 15 is 0 Å². The van der Waals surface area contributed by atoms with E-state index in [1.165, 1.54) is 154 Å². The Morgan fingerprint density at radius 1 is 0.271 bits per heavy atom. The minimum atomic E-state index is 0.110. The Balaban J connectivity index is 0. The number of aryl methyl sites for hydroxylation is 3. The van der Waals surface area contributed by atoms with Gasteiger partial charge in [-0.3, -0.25) is 38.4 Å². The summed E-state index contributed by atoms with van der Waals surface area (Å²) in [5.74, 6) is 8.53. The van der Waals surface area contributed by atoms with Crippen molar-refractivity contribution >= 4 is 57.0 Å². The standard InChI is InChI=1S/C17H18O.C16H18O.C15H30O.C14H20O.2C14H28O.C12H16O.C8H12O/c1-13(2)17(18)12-14-8-10-16(11-9-14)15-6-4-3-5-7-15;1-12(2)16(17)10-8-13-7-9-14-5-3-4-6-15(14)11-13;1-4-5-6-7-8-9-10-11-12-13-15(16)14(2)3;1-12(2)14(15)11-7-6-10-13-8-4-3-5-9-13;1-12(2)10-8-6-5-7-9-11-14(15)13(3)4;1-5-13(4)10-8-6-7-9-11-14(15)12(2)3;1-10(2)12(13)9-8-11-6-4-3-5-7-11;1-4-5-6-8(9)7(2)3/h3-11,13H,12H2,1-2H3;3-7,9,11-12H,8,10H2,1-2H3;14H,4-13H2,1-3H3;3-5,8-9,12H,6-7,10-11H2,1-2H3;2*12-13H,5-11H2,1-4H3;3-7,10H,8-9H2,1-2H3;1,7H,5-6H2,2-3H3. The number of Topliss-reactive ketones (excluding diaryl/α,β-unsaturated/α-hetero) is 8. The largest absolute Gasteiger partial charge is 0.299 e. The Hall–Kier alpha value is -7.50. The third kappa shape index (κ3) is 64.4. The molecule has 0 amide bonds. The molecule has 8 heteroatoms. The van der Waals surface area contributed by atoms with Crippen molar-refractivity contribution in [3.05, 3.63) is 180 Å². The summed E-state index contributed by atoms with van der Waals surface area (Å²) < 4.78 is 0. The Morgan fingerprint density at radius 2 is 0.585 bits per heavy atom. The first-order valence-corrected chi connectivity index (χ1v) is 46.6. The van der Waals surface area contributed by atoms with Gasteiger partial charge in [0, 0.05) is 105 Å². The minimum Gasteiger partial charge on any atom is -0.299 e. The summed E-state index contributed by atoms with van der Waals surface area (Å²) in [4.78, 5) is 90.7. The number of terminal acetylenes is 1. The highest BCUT2D eigenvalue weighted by Crippen LogP contribution is 2.23. The van der Waals surface area contributed by atoms with Gasteiger partial charge in [0.1, 0.15) is 46.3 Å². The van der Waals surface area contributed by atoms with Crippen molar-refractivity contribution in [3.8, 4) is 23.5 Å². The predicted octanol–water partition coefficient (Wildman–Crippen LogP) is 30.5. The summed E-state index contributed by atoms with van der Waals surface area (Å²) in [6, 6.07) is 53.9. The van der Waals surface area contributed by atoms with Crippen LogP contribution in [-0.4, -0.2) is 46.3 Å². The second-order valence-corrected chi connectivity index (χ2v) is 35.5. The van der Waals surface area contributed by atoms with E-state index < -0.39 is 0 Å². The smallest absolute Gasteiger partial charge is 0.139 e. The molecule has 0 fully saturated rings. The average molecular weight is 1620 g/mol. The van der Waals surface area contributed by atoms with E-state index in [0.717, 1.165) is 94.4 Å². The number of carbonyl (C=O) groups is 8. The zero-order chi connectivity index (χ0) is 88.9. The van der Waals surface area contributed by atoms with E-state index in [4.69, 9.17) is 6.42 Å². The Kier molecular flexibility index (Phi) is 70.0. The SMILES string of the molecule is C#CCCC(=O)C(C)C.CC(C)C(=O)CCCCc1ccccc1.CC(C)C(=O)CCc1ccc2ccccc2c1.CC(C)C(=O)CCc1ccccc1.CC(C)C(=O)Cc1ccc(-c2ccccc2)cc1.CC(C)CCCCCCCC(=O)C(C)C.CCC(C)CCCCCCC(=O)C(C)C.CCCCCCCCCCCC(=O)C(C)C. The van der Waals surface area contributed by atoms with Crippen LogP contribution < -0.4 is 0 Å². The van der Waals surface area contributed by atoms with Gasteiger partial charge in [-0.15, -0.1) is 12.3 Å². The van der Waals surface area contributed by atoms with Gasteiger partial charge in [0.25, 0.3) is 0 Å². The van der Waals surface area contributed by atoms with Gasteiger partial charge in [-0.05, 0) is 107 Å². The molecule has 0 radical (unpaired) electrons. The van der Waals surface area contributed by atoms with Crippen molar-refractivity contribution in [2.75, 3.05) is 0 Å². The van der Waals surface area contributed by atoms with Gasteiger partial charge in [-0.2, -0.15) is 0 Å². The predicted molar refractivity (Wildman–Crippen MR) is 510 cm³/mol. The minimum absolute atomic E-state index is 0.110. The molecular weight excluding hydrogens is 1450 g/mol. The number of benzene rings is 6. The normalized spacial score (nSPS) is 11.0. The van der Waals surface area contributed by atoms with Gasteiger partial charge >= 0.3 is 0 Å². The summed E-state index contributed by atoms with van der Waals surface area (Å²) >= 11 is 0. The molecule has 0 aliphatic heterocycles. The quantitative estimate of drug-likeness (QED) is 0.0272. The van der Waals surface area contributed by atoms with Crippen LogP contribution in [0.4, 0.5) is 0 Å². The van der Waals surface area contributed by atoms with E-state index in [1.54, 1.807) is 0 Å². The highest BCUT2D eigenvalue weighted by atomic mass is 16.2. The van der Waals surface area contributed by atoms with Crippen molar-refractivity contribution in [1.29, 1.82) is 0 Å². The van der Waals surface area contributed by atoms with Crippen LogP contribution in [0.3, 0.4) is 0 Å². The van der Waals surface area contributed by atoms with Crippen molar-refractivity contribution in [3.63, 3.8) is 0 Å². The van der Waals surface area contributed by atoms with E-state index in [0.29, 0.717) is 72.6 Å². The molecule has 6 rings (SSSR count). The summed E-state index contributed by atoms with van der Waals surface area (Å²) in [6.45, 7) is 42.8. The highest BCUT2D eigenvalue weighted by molar-refractivity contribution is 5.85. The fourth-order valence-corrected chi connectivity index (χ4v) is 12.3.